The molecule has 0 amide bonds. The fourth-order valence-corrected chi connectivity index (χ4v) is 2.45. The summed E-state index contributed by atoms with van der Waals surface area (Å²) in [6, 6.07) is 15.8. The van der Waals surface area contributed by atoms with Crippen LogP contribution in [0.1, 0.15) is 18.9 Å². The molecule has 2 aromatic rings. The van der Waals surface area contributed by atoms with Gasteiger partial charge in [-0.1, -0.05) is 19.1 Å². The third-order valence-electron chi connectivity index (χ3n) is 3.62. The van der Waals surface area contributed by atoms with Gasteiger partial charge in [0.2, 0.25) is 0 Å². The predicted octanol–water partition coefficient (Wildman–Crippen LogP) is 3.86. The summed E-state index contributed by atoms with van der Waals surface area (Å²) in [5, 5.41) is 7.66. The van der Waals surface area contributed by atoms with Crippen molar-refractivity contribution < 1.29 is 4.74 Å². The number of methoxy groups -OCH3 is 1. The smallest absolute Gasteiger partial charge is 0.191 e. The van der Waals surface area contributed by atoms with Crippen LogP contribution in [0.15, 0.2) is 53.6 Å². The minimum Gasteiger partial charge on any atom is -0.497 e. The number of hydrazone groups is 1. The maximum Gasteiger partial charge on any atom is 0.191 e. The second-order valence-corrected chi connectivity index (χ2v) is 5.97. The Labute approximate surface area is 154 Å². The van der Waals surface area contributed by atoms with Gasteiger partial charge in [-0.2, -0.15) is 5.10 Å². The first-order chi connectivity index (χ1) is 12.1. The molecule has 0 heterocycles. The van der Waals surface area contributed by atoms with E-state index in [4.69, 9.17) is 17.0 Å². The molecule has 2 N–H and O–H groups in total. The molecule has 6 heteroatoms. The average molecular weight is 356 g/mol. The van der Waals surface area contributed by atoms with E-state index in [1.54, 1.807) is 13.3 Å². The molecule has 0 fully saturated rings. The lowest BCUT2D eigenvalue weighted by molar-refractivity contribution is 0.415. The van der Waals surface area contributed by atoms with Crippen LogP contribution in [-0.2, 0) is 0 Å². The van der Waals surface area contributed by atoms with Gasteiger partial charge in [-0.05, 0) is 60.6 Å². The molecular formula is C19H24N4OS. The molecule has 0 aliphatic heterocycles. The minimum atomic E-state index is 0.431. The fraction of sp³-hybridized carbons (Fsp3) is 0.263. The van der Waals surface area contributed by atoms with Crippen molar-refractivity contribution in [2.45, 2.75) is 13.3 Å². The monoisotopic (exact) mass is 356 g/mol. The third kappa shape index (κ3) is 6.08. The van der Waals surface area contributed by atoms with Crippen molar-refractivity contribution in [1.29, 1.82) is 0 Å². The van der Waals surface area contributed by atoms with E-state index in [2.05, 4.69) is 46.8 Å². The van der Waals surface area contributed by atoms with Crippen LogP contribution in [0.4, 0.5) is 11.4 Å². The van der Waals surface area contributed by atoms with E-state index in [1.165, 1.54) is 5.69 Å². The molecule has 0 saturated heterocycles. The normalized spacial score (nSPS) is 10.5. The summed E-state index contributed by atoms with van der Waals surface area (Å²) < 4.78 is 5.12. The zero-order chi connectivity index (χ0) is 18.1. The van der Waals surface area contributed by atoms with Crippen LogP contribution >= 0.6 is 12.2 Å². The largest absolute Gasteiger partial charge is 0.497 e. The van der Waals surface area contributed by atoms with Crippen molar-refractivity contribution in [1.82, 2.24) is 5.43 Å². The lowest BCUT2D eigenvalue weighted by Crippen LogP contribution is -2.23. The maximum atomic E-state index is 5.22. The summed E-state index contributed by atoms with van der Waals surface area (Å²) in [7, 11) is 3.73. The molecule has 132 valence electrons. The van der Waals surface area contributed by atoms with Gasteiger partial charge in [0.05, 0.1) is 13.3 Å². The molecule has 0 aromatic heterocycles. The molecule has 0 saturated carbocycles. The van der Waals surface area contributed by atoms with E-state index in [0.29, 0.717) is 5.11 Å². The first-order valence-electron chi connectivity index (χ1n) is 8.17. The Hall–Kier alpha value is -2.60. The molecule has 0 atom stereocenters. The Balaban J connectivity index is 1.84. The standard InChI is InChI=1S/C19H24N4OS/c1-4-13-23(2)17-9-5-15(6-10-17)14-20-22-19(25)21-16-7-11-18(24-3)12-8-16/h5-12,14H,4,13H2,1-3H3,(H2,21,22,25)/b20-14-. The van der Waals surface area contributed by atoms with Crippen LogP contribution in [-0.4, -0.2) is 32.0 Å². The lowest BCUT2D eigenvalue weighted by atomic mass is 10.2. The van der Waals surface area contributed by atoms with Gasteiger partial charge < -0.3 is 15.0 Å². The Morgan fingerprint density at radius 1 is 1.16 bits per heavy atom. The van der Waals surface area contributed by atoms with Crippen LogP contribution in [0, 0.1) is 0 Å². The second kappa shape index (κ2) is 9.64. The number of nitrogens with zero attached hydrogens (tertiary/aromatic N) is 2. The van der Waals surface area contributed by atoms with E-state index in [1.807, 2.05) is 36.4 Å². The van der Waals surface area contributed by atoms with Crippen LogP contribution in [0.5, 0.6) is 5.75 Å². The summed E-state index contributed by atoms with van der Waals surface area (Å²) >= 11 is 5.22. The molecule has 0 aliphatic carbocycles. The van der Waals surface area contributed by atoms with Crippen molar-refractivity contribution in [3.8, 4) is 5.75 Å². The topological polar surface area (TPSA) is 48.9 Å². The molecule has 2 aromatic carbocycles. The highest BCUT2D eigenvalue weighted by molar-refractivity contribution is 7.80. The zero-order valence-electron chi connectivity index (χ0n) is 14.8. The lowest BCUT2D eigenvalue weighted by Gasteiger charge is -2.18. The van der Waals surface area contributed by atoms with Crippen LogP contribution < -0.4 is 20.4 Å². The van der Waals surface area contributed by atoms with E-state index >= 15 is 0 Å². The number of hydrogen-bond donors (Lipinski definition) is 2. The summed E-state index contributed by atoms with van der Waals surface area (Å²) in [6.45, 7) is 3.21. The van der Waals surface area contributed by atoms with Gasteiger partial charge in [0, 0.05) is 25.0 Å². The summed E-state index contributed by atoms with van der Waals surface area (Å²) in [6.07, 6.45) is 2.87. The average Bonchev–Trinajstić information content (AvgIpc) is 2.63. The number of nitrogens with one attached hydrogen (secondary N) is 2. The number of thiocarbonyl (C=S) groups is 1. The van der Waals surface area contributed by atoms with Gasteiger partial charge in [-0.15, -0.1) is 0 Å². The number of rotatable bonds is 7. The van der Waals surface area contributed by atoms with Crippen molar-refractivity contribution >= 4 is 34.9 Å². The number of ether oxygens (including phenoxy) is 1. The first kappa shape index (κ1) is 18.7. The van der Waals surface area contributed by atoms with Crippen LogP contribution in [0.25, 0.3) is 0 Å². The molecule has 2 rings (SSSR count). The molecule has 25 heavy (non-hydrogen) atoms. The van der Waals surface area contributed by atoms with Gasteiger partial charge in [0.25, 0.3) is 0 Å². The van der Waals surface area contributed by atoms with E-state index < -0.39 is 0 Å². The molecule has 0 radical (unpaired) electrons. The SMILES string of the molecule is CCCN(C)c1ccc(/C=N\NC(=S)Nc2ccc(OC)cc2)cc1. The minimum absolute atomic E-state index is 0.431. The second-order valence-electron chi connectivity index (χ2n) is 5.57. The van der Waals surface area contributed by atoms with Gasteiger partial charge in [0.15, 0.2) is 5.11 Å². The van der Waals surface area contributed by atoms with Crippen LogP contribution in [0.3, 0.4) is 0 Å². The number of benzene rings is 2. The highest BCUT2D eigenvalue weighted by atomic mass is 32.1. The maximum absolute atomic E-state index is 5.22. The molecule has 5 nitrogen and oxygen atoms in total. The van der Waals surface area contributed by atoms with Crippen molar-refractivity contribution in [3.05, 3.63) is 54.1 Å². The van der Waals surface area contributed by atoms with Crippen molar-refractivity contribution in [2.24, 2.45) is 5.10 Å². The highest BCUT2D eigenvalue weighted by Crippen LogP contribution is 2.15. The molecule has 0 spiro atoms. The van der Waals surface area contributed by atoms with E-state index in [9.17, 15) is 0 Å². The Morgan fingerprint density at radius 2 is 1.84 bits per heavy atom. The van der Waals surface area contributed by atoms with Crippen molar-refractivity contribution in [3.63, 3.8) is 0 Å². The first-order valence-corrected chi connectivity index (χ1v) is 8.58. The number of hydrogen-bond acceptors (Lipinski definition) is 4. The predicted molar refractivity (Wildman–Crippen MR) is 110 cm³/mol. The quantitative estimate of drug-likeness (QED) is 0.448. The van der Waals surface area contributed by atoms with Gasteiger partial charge in [0.1, 0.15) is 5.75 Å². The molecule has 0 unspecified atom stereocenters. The Morgan fingerprint density at radius 3 is 2.44 bits per heavy atom. The molecule has 0 aliphatic rings. The molecular weight excluding hydrogens is 332 g/mol. The van der Waals surface area contributed by atoms with Gasteiger partial charge in [-0.25, -0.2) is 0 Å². The Kier molecular flexibility index (Phi) is 7.22. The van der Waals surface area contributed by atoms with E-state index in [-0.39, 0.29) is 0 Å². The van der Waals surface area contributed by atoms with E-state index in [0.717, 1.165) is 30.0 Å². The van der Waals surface area contributed by atoms with Crippen LogP contribution in [0.2, 0.25) is 0 Å². The van der Waals surface area contributed by atoms with Gasteiger partial charge in [-0.3, -0.25) is 5.43 Å². The van der Waals surface area contributed by atoms with Crippen molar-refractivity contribution in [2.75, 3.05) is 30.9 Å². The fourth-order valence-electron chi connectivity index (χ4n) is 2.28. The Bertz CT molecular complexity index is 698. The highest BCUT2D eigenvalue weighted by Gasteiger charge is 1.99. The summed E-state index contributed by atoms with van der Waals surface area (Å²) in [5.41, 5.74) is 5.89. The summed E-state index contributed by atoms with van der Waals surface area (Å²) in [4.78, 5) is 2.23. The third-order valence-corrected chi connectivity index (χ3v) is 3.81. The van der Waals surface area contributed by atoms with Gasteiger partial charge >= 0.3 is 0 Å². The molecule has 0 bridgehead atoms. The summed E-state index contributed by atoms with van der Waals surface area (Å²) in [5.74, 6) is 0.801. The zero-order valence-corrected chi connectivity index (χ0v) is 15.6. The number of anilines is 2.